The lowest BCUT2D eigenvalue weighted by molar-refractivity contribution is -0.117. The van der Waals surface area contributed by atoms with Crippen LogP contribution in [0.3, 0.4) is 0 Å². The van der Waals surface area contributed by atoms with Crippen molar-refractivity contribution in [1.29, 1.82) is 0 Å². The predicted molar refractivity (Wildman–Crippen MR) is 142 cm³/mol. The molecule has 200 valence electrons. The fraction of sp³-hybridized carbons (Fsp3) is 0.407. The molecule has 0 radical (unpaired) electrons. The van der Waals surface area contributed by atoms with Crippen molar-refractivity contribution < 1.29 is 28.7 Å². The van der Waals surface area contributed by atoms with Gasteiger partial charge in [-0.05, 0) is 67.8 Å². The lowest BCUT2D eigenvalue weighted by Gasteiger charge is -2.09. The highest BCUT2D eigenvalue weighted by atomic mass is 16.5. The summed E-state index contributed by atoms with van der Waals surface area (Å²) in [6.45, 7) is 2.21. The van der Waals surface area contributed by atoms with Crippen molar-refractivity contribution in [3.05, 3.63) is 59.7 Å². The first-order valence-corrected chi connectivity index (χ1v) is 12.3. The van der Waals surface area contributed by atoms with Crippen LogP contribution in [0.25, 0.3) is 0 Å². The summed E-state index contributed by atoms with van der Waals surface area (Å²) in [4.78, 5) is 48.6. The van der Waals surface area contributed by atoms with E-state index in [9.17, 15) is 19.2 Å². The van der Waals surface area contributed by atoms with Crippen LogP contribution in [0.2, 0.25) is 0 Å². The first-order valence-electron chi connectivity index (χ1n) is 12.3. The predicted octanol–water partition coefficient (Wildman–Crippen LogP) is 2.97. The van der Waals surface area contributed by atoms with Crippen molar-refractivity contribution >= 4 is 35.0 Å². The summed E-state index contributed by atoms with van der Waals surface area (Å²) in [6.07, 6.45) is 2.20. The van der Waals surface area contributed by atoms with E-state index in [-0.39, 0.29) is 36.5 Å². The second kappa shape index (κ2) is 16.8. The molecule has 4 N–H and O–H groups in total. The summed E-state index contributed by atoms with van der Waals surface area (Å²) in [5, 5.41) is 11.1. The molecule has 0 unspecified atom stereocenters. The first kappa shape index (κ1) is 29.5. The normalized spacial score (nSPS) is 10.4. The highest BCUT2D eigenvalue weighted by Gasteiger charge is 2.09. The third-order valence-electron chi connectivity index (χ3n) is 5.29. The molecule has 0 bridgehead atoms. The van der Waals surface area contributed by atoms with E-state index in [0.717, 1.165) is 12.8 Å². The SMILES string of the molecule is COCCCNC(=O)c1ccc(NC(=O)CCCC(=O)Nc2ccc(C(=O)NCCCOC)cc2)cc1. The van der Waals surface area contributed by atoms with Gasteiger partial charge < -0.3 is 30.7 Å². The van der Waals surface area contributed by atoms with Crippen molar-refractivity contribution in [2.45, 2.75) is 32.1 Å². The van der Waals surface area contributed by atoms with Crippen molar-refractivity contribution in [3.63, 3.8) is 0 Å². The molecule has 0 heterocycles. The maximum Gasteiger partial charge on any atom is 0.251 e. The van der Waals surface area contributed by atoms with Crippen LogP contribution < -0.4 is 21.3 Å². The topological polar surface area (TPSA) is 135 Å². The number of carbonyl (C=O) groups is 4. The molecule has 4 amide bonds. The maximum absolute atomic E-state index is 12.2. The second-order valence-electron chi connectivity index (χ2n) is 8.31. The van der Waals surface area contributed by atoms with E-state index in [1.165, 1.54) is 0 Å². The number of ether oxygens (including phenoxy) is 2. The van der Waals surface area contributed by atoms with Crippen LogP contribution in [0.15, 0.2) is 48.5 Å². The third kappa shape index (κ3) is 11.7. The summed E-state index contributed by atoms with van der Waals surface area (Å²) in [7, 11) is 3.22. The Bertz CT molecular complexity index is 927. The molecule has 2 aromatic carbocycles. The van der Waals surface area contributed by atoms with E-state index < -0.39 is 0 Å². The van der Waals surface area contributed by atoms with Gasteiger partial charge >= 0.3 is 0 Å². The Morgan fingerprint density at radius 2 is 0.973 bits per heavy atom. The number of benzene rings is 2. The Hall–Kier alpha value is -3.76. The monoisotopic (exact) mass is 512 g/mol. The van der Waals surface area contributed by atoms with Gasteiger partial charge in [0.15, 0.2) is 0 Å². The highest BCUT2D eigenvalue weighted by molar-refractivity contribution is 5.97. The van der Waals surface area contributed by atoms with Crippen molar-refractivity contribution in [1.82, 2.24) is 10.6 Å². The van der Waals surface area contributed by atoms with E-state index in [2.05, 4.69) is 21.3 Å². The molecule has 10 nitrogen and oxygen atoms in total. The maximum atomic E-state index is 12.2. The summed E-state index contributed by atoms with van der Waals surface area (Å²) in [6, 6.07) is 13.2. The fourth-order valence-corrected chi connectivity index (χ4v) is 3.31. The third-order valence-corrected chi connectivity index (χ3v) is 5.29. The van der Waals surface area contributed by atoms with Gasteiger partial charge in [0.05, 0.1) is 0 Å². The molecule has 0 aliphatic rings. The molecule has 0 aliphatic heterocycles. The minimum absolute atomic E-state index is 0.178. The zero-order valence-corrected chi connectivity index (χ0v) is 21.4. The number of anilines is 2. The molecule has 37 heavy (non-hydrogen) atoms. The van der Waals surface area contributed by atoms with Crippen LogP contribution in [0, 0.1) is 0 Å². The van der Waals surface area contributed by atoms with Crippen molar-refractivity contribution in [3.8, 4) is 0 Å². The minimum atomic E-state index is -0.217. The lowest BCUT2D eigenvalue weighted by Crippen LogP contribution is -2.25. The minimum Gasteiger partial charge on any atom is -0.385 e. The van der Waals surface area contributed by atoms with Gasteiger partial charge in [-0.15, -0.1) is 0 Å². The lowest BCUT2D eigenvalue weighted by atomic mass is 10.1. The van der Waals surface area contributed by atoms with Gasteiger partial charge in [0.25, 0.3) is 11.8 Å². The Balaban J connectivity index is 1.67. The van der Waals surface area contributed by atoms with Crippen molar-refractivity contribution in [2.24, 2.45) is 0 Å². The van der Waals surface area contributed by atoms with Crippen LogP contribution >= 0.6 is 0 Å². The number of carbonyl (C=O) groups excluding carboxylic acids is 4. The van der Waals surface area contributed by atoms with E-state index in [1.807, 2.05) is 0 Å². The molecular formula is C27H36N4O6. The van der Waals surface area contributed by atoms with Gasteiger partial charge in [0.1, 0.15) is 0 Å². The Kier molecular flexibility index (Phi) is 13.4. The first-order chi connectivity index (χ1) is 17.9. The number of rotatable bonds is 16. The molecule has 2 aromatic rings. The van der Waals surface area contributed by atoms with Gasteiger partial charge in [-0.1, -0.05) is 0 Å². The Labute approximate surface area is 217 Å². The quantitative estimate of drug-likeness (QED) is 0.256. The van der Waals surface area contributed by atoms with Gasteiger partial charge in [0, 0.05) is 75.9 Å². The van der Waals surface area contributed by atoms with Crippen LogP contribution in [0.4, 0.5) is 11.4 Å². The zero-order valence-electron chi connectivity index (χ0n) is 21.4. The Morgan fingerprint density at radius 1 is 0.595 bits per heavy atom. The molecule has 10 heteroatoms. The smallest absolute Gasteiger partial charge is 0.251 e. The average Bonchev–Trinajstić information content (AvgIpc) is 2.89. The molecular weight excluding hydrogens is 476 g/mol. The molecule has 0 saturated heterocycles. The van der Waals surface area contributed by atoms with Crippen LogP contribution in [0.1, 0.15) is 52.8 Å². The van der Waals surface area contributed by atoms with Crippen LogP contribution in [0.5, 0.6) is 0 Å². The van der Waals surface area contributed by atoms with E-state index in [4.69, 9.17) is 9.47 Å². The zero-order chi connectivity index (χ0) is 26.9. The number of hydrogen-bond donors (Lipinski definition) is 4. The highest BCUT2D eigenvalue weighted by Crippen LogP contribution is 2.13. The molecule has 0 saturated carbocycles. The molecule has 0 fully saturated rings. The largest absolute Gasteiger partial charge is 0.385 e. The molecule has 2 rings (SSSR count). The fourth-order valence-electron chi connectivity index (χ4n) is 3.31. The summed E-state index contributed by atoms with van der Waals surface area (Å²) in [5.74, 6) is -0.803. The van der Waals surface area contributed by atoms with E-state index in [1.54, 1.807) is 62.8 Å². The van der Waals surface area contributed by atoms with Gasteiger partial charge in [0.2, 0.25) is 11.8 Å². The number of hydrogen-bond acceptors (Lipinski definition) is 6. The van der Waals surface area contributed by atoms with Gasteiger partial charge in [-0.3, -0.25) is 19.2 Å². The van der Waals surface area contributed by atoms with Crippen molar-refractivity contribution in [2.75, 3.05) is 51.2 Å². The Morgan fingerprint density at radius 3 is 1.32 bits per heavy atom. The summed E-state index contributed by atoms with van der Waals surface area (Å²) < 4.78 is 9.89. The van der Waals surface area contributed by atoms with Crippen LogP contribution in [-0.4, -0.2) is 64.2 Å². The standard InChI is InChI=1S/C27H36N4O6/c1-36-18-4-16-28-26(34)20-8-12-22(13-9-20)30-24(32)6-3-7-25(33)31-23-14-10-21(11-15-23)27(35)29-17-5-19-37-2/h8-15H,3-7,16-19H2,1-2H3,(H,28,34)(H,29,35)(H,30,32)(H,31,33). The average molecular weight is 513 g/mol. The number of amides is 4. The summed E-state index contributed by atoms with van der Waals surface area (Å²) >= 11 is 0. The number of methoxy groups -OCH3 is 2. The van der Waals surface area contributed by atoms with Gasteiger partial charge in [-0.25, -0.2) is 0 Å². The van der Waals surface area contributed by atoms with E-state index >= 15 is 0 Å². The number of nitrogens with one attached hydrogen (secondary N) is 4. The molecule has 0 spiro atoms. The van der Waals surface area contributed by atoms with Gasteiger partial charge in [-0.2, -0.15) is 0 Å². The second-order valence-corrected chi connectivity index (χ2v) is 8.31. The molecule has 0 aliphatic carbocycles. The van der Waals surface area contributed by atoms with Crippen LogP contribution in [-0.2, 0) is 19.1 Å². The molecule has 0 aromatic heterocycles. The molecule has 0 atom stereocenters. The summed E-state index contributed by atoms with van der Waals surface area (Å²) in [5.41, 5.74) is 2.16. The van der Waals surface area contributed by atoms with E-state index in [0.29, 0.717) is 55.2 Å².